The molecule has 1 unspecified atom stereocenters. The van der Waals surface area contributed by atoms with E-state index in [2.05, 4.69) is 43.0 Å². The fourth-order valence-corrected chi connectivity index (χ4v) is 5.66. The van der Waals surface area contributed by atoms with Crippen LogP contribution >= 0.6 is 0 Å². The number of nitrogens with zero attached hydrogens (tertiary/aromatic N) is 2. The Labute approximate surface area is 222 Å². The van der Waals surface area contributed by atoms with Crippen LogP contribution in [0.15, 0.2) is 12.4 Å². The van der Waals surface area contributed by atoms with Gasteiger partial charge in [-0.1, -0.05) is 156 Å². The smallest absolute Gasteiger partial charge is 0.101 e. The maximum absolute atomic E-state index is 2.68. The van der Waals surface area contributed by atoms with E-state index in [4.69, 9.17) is 0 Å². The van der Waals surface area contributed by atoms with Gasteiger partial charge in [0.25, 0.3) is 0 Å². The van der Waals surface area contributed by atoms with E-state index in [9.17, 15) is 0 Å². The van der Waals surface area contributed by atoms with Gasteiger partial charge in [0, 0.05) is 25.5 Å². The highest BCUT2D eigenvalue weighted by Gasteiger charge is 2.24. The second kappa shape index (κ2) is 25.0. The standard InChI is InChI=1S/C33H66N2/c1-4-7-10-12-14-15-16-17-18-19-20-21-22-23-25-28-33-34(29-26-9-6-3)31-32-35(33)30-27-24-13-11-8-5-2/h31-33H,4-30H2,1-3H3. The Morgan fingerprint density at radius 2 is 0.657 bits per heavy atom. The largest absolute Gasteiger partial charge is 0.356 e. The van der Waals surface area contributed by atoms with Crippen molar-refractivity contribution in [2.24, 2.45) is 0 Å². The van der Waals surface area contributed by atoms with Crippen molar-refractivity contribution >= 4 is 0 Å². The van der Waals surface area contributed by atoms with Crippen LogP contribution in [-0.4, -0.2) is 29.1 Å². The summed E-state index contributed by atoms with van der Waals surface area (Å²) in [5.41, 5.74) is 0. The van der Waals surface area contributed by atoms with Crippen LogP contribution < -0.4 is 0 Å². The zero-order chi connectivity index (χ0) is 25.2. The summed E-state index contributed by atoms with van der Waals surface area (Å²) < 4.78 is 0. The van der Waals surface area contributed by atoms with Gasteiger partial charge in [-0.05, 0) is 25.7 Å². The zero-order valence-corrected chi connectivity index (χ0v) is 24.7. The predicted molar refractivity (Wildman–Crippen MR) is 159 cm³/mol. The lowest BCUT2D eigenvalue weighted by molar-refractivity contribution is 0.135. The monoisotopic (exact) mass is 491 g/mol. The Hall–Kier alpha value is -0.660. The van der Waals surface area contributed by atoms with Crippen molar-refractivity contribution in [3.05, 3.63) is 12.4 Å². The number of hydrogen-bond acceptors (Lipinski definition) is 2. The van der Waals surface area contributed by atoms with Gasteiger partial charge in [0.15, 0.2) is 0 Å². The molecule has 0 aliphatic carbocycles. The van der Waals surface area contributed by atoms with Gasteiger partial charge < -0.3 is 9.80 Å². The van der Waals surface area contributed by atoms with E-state index in [0.29, 0.717) is 6.17 Å². The van der Waals surface area contributed by atoms with E-state index in [1.165, 1.54) is 174 Å². The van der Waals surface area contributed by atoms with E-state index < -0.39 is 0 Å². The van der Waals surface area contributed by atoms with Crippen LogP contribution in [-0.2, 0) is 0 Å². The van der Waals surface area contributed by atoms with Crippen molar-refractivity contribution in [1.82, 2.24) is 9.80 Å². The summed E-state index contributed by atoms with van der Waals surface area (Å²) in [6, 6.07) is 0. The molecule has 0 saturated heterocycles. The fourth-order valence-electron chi connectivity index (χ4n) is 5.66. The number of unbranched alkanes of at least 4 members (excludes halogenated alkanes) is 21. The molecular weight excluding hydrogens is 424 g/mol. The Morgan fingerprint density at radius 1 is 0.371 bits per heavy atom. The van der Waals surface area contributed by atoms with Gasteiger partial charge in [0.05, 0.1) is 0 Å². The first-order chi connectivity index (χ1) is 17.3. The first-order valence-electron chi connectivity index (χ1n) is 16.5. The van der Waals surface area contributed by atoms with Crippen molar-refractivity contribution in [2.75, 3.05) is 13.1 Å². The average Bonchev–Trinajstić information content (AvgIpc) is 3.25. The topological polar surface area (TPSA) is 6.48 Å². The third-order valence-electron chi connectivity index (χ3n) is 8.07. The molecule has 1 rings (SSSR count). The molecule has 0 bridgehead atoms. The van der Waals surface area contributed by atoms with E-state index in [0.717, 1.165) is 0 Å². The molecule has 0 aromatic heterocycles. The second-order valence-electron chi connectivity index (χ2n) is 11.5. The quantitative estimate of drug-likeness (QED) is 0.106. The molecule has 0 aromatic carbocycles. The number of rotatable bonds is 27. The van der Waals surface area contributed by atoms with E-state index in [1.54, 1.807) is 0 Å². The van der Waals surface area contributed by atoms with Crippen LogP contribution in [0.2, 0.25) is 0 Å². The summed E-state index contributed by atoms with van der Waals surface area (Å²) in [4.78, 5) is 5.34. The highest BCUT2D eigenvalue weighted by atomic mass is 15.4. The van der Waals surface area contributed by atoms with Crippen molar-refractivity contribution in [3.63, 3.8) is 0 Å². The lowest BCUT2D eigenvalue weighted by atomic mass is 10.0. The Balaban J connectivity index is 2.08. The second-order valence-corrected chi connectivity index (χ2v) is 11.5. The predicted octanol–water partition coefficient (Wildman–Crippen LogP) is 11.2. The van der Waals surface area contributed by atoms with Crippen molar-refractivity contribution in [2.45, 2.75) is 187 Å². The molecule has 1 heterocycles. The first kappa shape index (κ1) is 32.4. The molecule has 0 spiro atoms. The van der Waals surface area contributed by atoms with Crippen LogP contribution in [0, 0.1) is 0 Å². The Morgan fingerprint density at radius 3 is 1.06 bits per heavy atom. The minimum atomic E-state index is 0.643. The van der Waals surface area contributed by atoms with Crippen LogP contribution in [0.5, 0.6) is 0 Å². The van der Waals surface area contributed by atoms with Crippen LogP contribution in [0.3, 0.4) is 0 Å². The maximum atomic E-state index is 2.68. The Kier molecular flexibility index (Phi) is 23.1. The van der Waals surface area contributed by atoms with Gasteiger partial charge in [-0.3, -0.25) is 0 Å². The molecule has 0 amide bonds. The lowest BCUT2D eigenvalue weighted by Gasteiger charge is -2.33. The molecule has 2 nitrogen and oxygen atoms in total. The molecule has 0 aromatic rings. The normalized spacial score (nSPS) is 15.6. The molecule has 35 heavy (non-hydrogen) atoms. The van der Waals surface area contributed by atoms with Crippen LogP contribution in [0.1, 0.15) is 181 Å². The molecule has 1 aliphatic heterocycles. The Bertz CT molecular complexity index is 446. The fraction of sp³-hybridized carbons (Fsp3) is 0.939. The SMILES string of the molecule is CCCCCCCCCCCCCCCCCC1N(CCCCC)C=CN1CCCCCCCC. The maximum Gasteiger partial charge on any atom is 0.101 e. The van der Waals surface area contributed by atoms with Crippen molar-refractivity contribution < 1.29 is 0 Å². The molecule has 0 N–H and O–H groups in total. The molecule has 208 valence electrons. The van der Waals surface area contributed by atoms with Gasteiger partial charge in [0.1, 0.15) is 6.17 Å². The van der Waals surface area contributed by atoms with Gasteiger partial charge in [-0.25, -0.2) is 0 Å². The summed E-state index contributed by atoms with van der Waals surface area (Å²) in [6.07, 6.45) is 41.0. The van der Waals surface area contributed by atoms with Gasteiger partial charge >= 0.3 is 0 Å². The van der Waals surface area contributed by atoms with Crippen molar-refractivity contribution in [1.29, 1.82) is 0 Å². The third-order valence-corrected chi connectivity index (χ3v) is 8.07. The summed E-state index contributed by atoms with van der Waals surface area (Å²) in [5.74, 6) is 0. The molecule has 1 atom stereocenters. The lowest BCUT2D eigenvalue weighted by Crippen LogP contribution is -2.39. The molecule has 0 radical (unpaired) electrons. The average molecular weight is 491 g/mol. The minimum Gasteiger partial charge on any atom is -0.356 e. The minimum absolute atomic E-state index is 0.643. The molecule has 1 aliphatic rings. The molecule has 0 fully saturated rings. The van der Waals surface area contributed by atoms with E-state index in [1.807, 2.05) is 0 Å². The van der Waals surface area contributed by atoms with Crippen LogP contribution in [0.4, 0.5) is 0 Å². The van der Waals surface area contributed by atoms with E-state index >= 15 is 0 Å². The zero-order valence-electron chi connectivity index (χ0n) is 24.7. The molecule has 0 saturated carbocycles. The van der Waals surface area contributed by atoms with E-state index in [-0.39, 0.29) is 0 Å². The summed E-state index contributed by atoms with van der Waals surface area (Å²) >= 11 is 0. The van der Waals surface area contributed by atoms with Gasteiger partial charge in [-0.2, -0.15) is 0 Å². The highest BCUT2D eigenvalue weighted by Crippen LogP contribution is 2.23. The van der Waals surface area contributed by atoms with Crippen molar-refractivity contribution in [3.8, 4) is 0 Å². The first-order valence-corrected chi connectivity index (χ1v) is 16.5. The summed E-state index contributed by atoms with van der Waals surface area (Å²) in [5, 5.41) is 0. The third kappa shape index (κ3) is 18.3. The molecular formula is C33H66N2. The number of hydrogen-bond donors (Lipinski definition) is 0. The molecule has 2 heteroatoms. The highest BCUT2D eigenvalue weighted by molar-refractivity contribution is 4.97. The van der Waals surface area contributed by atoms with Gasteiger partial charge in [-0.15, -0.1) is 0 Å². The van der Waals surface area contributed by atoms with Crippen LogP contribution in [0.25, 0.3) is 0 Å². The summed E-state index contributed by atoms with van der Waals surface area (Å²) in [7, 11) is 0. The van der Waals surface area contributed by atoms with Gasteiger partial charge in [0.2, 0.25) is 0 Å². The summed E-state index contributed by atoms with van der Waals surface area (Å²) in [6.45, 7) is 9.45.